The molecule has 134 valence electrons. The van der Waals surface area contributed by atoms with Crippen molar-refractivity contribution in [1.29, 1.82) is 0 Å². The topological polar surface area (TPSA) is 59.0 Å². The predicted octanol–water partition coefficient (Wildman–Crippen LogP) is 3.66. The maximum Gasteiger partial charge on any atom is 0.243 e. The third-order valence-corrected chi connectivity index (χ3v) is 5.91. The first-order chi connectivity index (χ1) is 12.0. The van der Waals surface area contributed by atoms with Crippen molar-refractivity contribution in [3.05, 3.63) is 65.7 Å². The molecular formula is C19H24N2O3S. The van der Waals surface area contributed by atoms with Gasteiger partial charge in [-0.1, -0.05) is 61.5 Å². The monoisotopic (exact) mass is 360 g/mol. The summed E-state index contributed by atoms with van der Waals surface area (Å²) in [6, 6.07) is 16.5. The van der Waals surface area contributed by atoms with Crippen molar-refractivity contribution in [2.75, 3.05) is 13.1 Å². The maximum absolute atomic E-state index is 12.6. The van der Waals surface area contributed by atoms with E-state index in [1.165, 1.54) is 4.31 Å². The minimum atomic E-state index is -3.47. The van der Waals surface area contributed by atoms with Gasteiger partial charge in [-0.05, 0) is 30.2 Å². The number of sulfonamides is 1. The van der Waals surface area contributed by atoms with E-state index in [0.29, 0.717) is 13.1 Å². The first-order valence-corrected chi connectivity index (χ1v) is 9.74. The lowest BCUT2D eigenvalue weighted by Crippen LogP contribution is -2.30. The molecule has 5 nitrogen and oxygen atoms in total. The van der Waals surface area contributed by atoms with Gasteiger partial charge in [-0.15, -0.1) is 0 Å². The fraction of sp³-hybridized carbons (Fsp3) is 0.316. The normalized spacial score (nSPS) is 12.4. The van der Waals surface area contributed by atoms with E-state index >= 15 is 0 Å². The Hall–Kier alpha value is -2.18. The molecule has 0 saturated heterocycles. The average molecular weight is 360 g/mol. The smallest absolute Gasteiger partial charge is 0.243 e. The van der Waals surface area contributed by atoms with Crippen molar-refractivity contribution < 1.29 is 13.3 Å². The van der Waals surface area contributed by atoms with E-state index in [-0.39, 0.29) is 11.5 Å². The zero-order valence-electron chi connectivity index (χ0n) is 14.8. The number of benzene rings is 2. The molecule has 0 spiro atoms. The maximum atomic E-state index is 12.6. The number of oxime groups is 1. The second kappa shape index (κ2) is 8.78. The molecule has 6 heteroatoms. The summed E-state index contributed by atoms with van der Waals surface area (Å²) in [4.78, 5) is 5.67. The van der Waals surface area contributed by atoms with Gasteiger partial charge in [0.15, 0.2) is 0 Å². The third kappa shape index (κ3) is 4.90. The van der Waals surface area contributed by atoms with Crippen LogP contribution in [0.3, 0.4) is 0 Å². The molecule has 0 aromatic heterocycles. The van der Waals surface area contributed by atoms with Gasteiger partial charge in [0, 0.05) is 13.1 Å². The van der Waals surface area contributed by atoms with E-state index in [1.54, 1.807) is 18.2 Å². The molecule has 0 unspecified atom stereocenters. The molecule has 0 aliphatic rings. The van der Waals surface area contributed by atoms with Crippen LogP contribution < -0.4 is 0 Å². The molecule has 25 heavy (non-hydrogen) atoms. The van der Waals surface area contributed by atoms with E-state index in [1.807, 2.05) is 57.2 Å². The Bertz CT molecular complexity index is 814. The van der Waals surface area contributed by atoms with Gasteiger partial charge >= 0.3 is 0 Å². The minimum Gasteiger partial charge on any atom is -0.391 e. The lowest BCUT2D eigenvalue weighted by atomic mass is 10.1. The van der Waals surface area contributed by atoms with Crippen LogP contribution in [0.25, 0.3) is 0 Å². The summed E-state index contributed by atoms with van der Waals surface area (Å²) in [5.74, 6) is 0. The molecule has 0 atom stereocenters. The molecule has 2 aromatic rings. The van der Waals surface area contributed by atoms with Crippen LogP contribution in [0, 0.1) is 0 Å². The molecule has 0 aliphatic heterocycles. The highest BCUT2D eigenvalue weighted by atomic mass is 32.2. The molecule has 2 aromatic carbocycles. The fourth-order valence-electron chi connectivity index (χ4n) is 2.44. The molecule has 0 saturated carbocycles. The Morgan fingerprint density at radius 3 is 2.36 bits per heavy atom. The molecule has 0 amide bonds. The van der Waals surface area contributed by atoms with E-state index in [4.69, 9.17) is 4.84 Å². The first kappa shape index (κ1) is 19.1. The highest BCUT2D eigenvalue weighted by Gasteiger charge is 2.21. The van der Waals surface area contributed by atoms with Crippen LogP contribution in [-0.2, 0) is 21.5 Å². The van der Waals surface area contributed by atoms with Crippen LogP contribution in [0.4, 0.5) is 0 Å². The summed E-state index contributed by atoms with van der Waals surface area (Å²) in [6.07, 6.45) is 0. The van der Waals surface area contributed by atoms with Gasteiger partial charge < -0.3 is 4.84 Å². The zero-order chi connectivity index (χ0) is 18.3. The fourth-order valence-corrected chi connectivity index (χ4v) is 3.97. The third-order valence-electron chi connectivity index (χ3n) is 3.87. The summed E-state index contributed by atoms with van der Waals surface area (Å²) in [7, 11) is -3.47. The number of hydrogen-bond donors (Lipinski definition) is 0. The van der Waals surface area contributed by atoms with Crippen molar-refractivity contribution in [2.24, 2.45) is 5.16 Å². The van der Waals surface area contributed by atoms with Gasteiger partial charge in [-0.25, -0.2) is 8.42 Å². The molecule has 0 heterocycles. The molecule has 0 bridgehead atoms. The zero-order valence-corrected chi connectivity index (χ0v) is 15.7. The van der Waals surface area contributed by atoms with Crippen molar-refractivity contribution in [2.45, 2.75) is 32.3 Å². The molecule has 0 aliphatic carbocycles. The Kier molecular flexibility index (Phi) is 6.73. The van der Waals surface area contributed by atoms with Crippen LogP contribution in [-0.4, -0.2) is 31.5 Å². The van der Waals surface area contributed by atoms with Gasteiger partial charge in [-0.2, -0.15) is 4.31 Å². The molecule has 0 fully saturated rings. The highest BCUT2D eigenvalue weighted by Crippen LogP contribution is 2.17. The lowest BCUT2D eigenvalue weighted by Gasteiger charge is -2.18. The van der Waals surface area contributed by atoms with Crippen molar-refractivity contribution in [3.8, 4) is 0 Å². The van der Waals surface area contributed by atoms with Gasteiger partial charge in [0.2, 0.25) is 10.0 Å². The summed E-state index contributed by atoms with van der Waals surface area (Å²) in [5.41, 5.74) is 2.52. The molecule has 0 radical (unpaired) electrons. The van der Waals surface area contributed by atoms with Crippen LogP contribution in [0.5, 0.6) is 0 Å². The predicted molar refractivity (Wildman–Crippen MR) is 100.0 cm³/mol. The van der Waals surface area contributed by atoms with Gasteiger partial charge in [0.25, 0.3) is 0 Å². The van der Waals surface area contributed by atoms with Gasteiger partial charge in [-0.3, -0.25) is 0 Å². The lowest BCUT2D eigenvalue weighted by molar-refractivity contribution is 0.130. The Balaban J connectivity index is 2.10. The van der Waals surface area contributed by atoms with E-state index in [9.17, 15) is 8.42 Å². The van der Waals surface area contributed by atoms with Crippen LogP contribution in [0.1, 0.15) is 31.9 Å². The minimum absolute atomic E-state index is 0.214. The number of rotatable bonds is 8. The van der Waals surface area contributed by atoms with Gasteiger partial charge in [0.05, 0.1) is 10.6 Å². The number of hydrogen-bond acceptors (Lipinski definition) is 4. The van der Waals surface area contributed by atoms with Crippen molar-refractivity contribution >= 4 is 15.7 Å². The van der Waals surface area contributed by atoms with E-state index < -0.39 is 10.0 Å². The van der Waals surface area contributed by atoms with Crippen LogP contribution in [0.2, 0.25) is 0 Å². The summed E-state index contributed by atoms with van der Waals surface area (Å²) < 4.78 is 26.6. The van der Waals surface area contributed by atoms with E-state index in [0.717, 1.165) is 16.8 Å². The second-order valence-electron chi connectivity index (χ2n) is 5.55. The SMILES string of the molecule is CCN(CC)S(=O)(=O)c1cccc(CON=C(C)c2ccccc2)c1. The number of nitrogens with zero attached hydrogens (tertiary/aromatic N) is 2. The Morgan fingerprint density at radius 1 is 1.04 bits per heavy atom. The standard InChI is InChI=1S/C19H24N2O3S/c1-4-21(5-2)25(22,23)19-13-9-10-17(14-19)15-24-20-16(3)18-11-7-6-8-12-18/h6-14H,4-5,15H2,1-3H3. The van der Waals surface area contributed by atoms with Crippen molar-refractivity contribution in [1.82, 2.24) is 4.31 Å². The Morgan fingerprint density at radius 2 is 1.72 bits per heavy atom. The Labute approximate surface area is 150 Å². The van der Waals surface area contributed by atoms with Crippen LogP contribution >= 0.6 is 0 Å². The molecular weight excluding hydrogens is 336 g/mol. The van der Waals surface area contributed by atoms with Crippen LogP contribution in [0.15, 0.2) is 64.6 Å². The van der Waals surface area contributed by atoms with E-state index in [2.05, 4.69) is 5.16 Å². The summed E-state index contributed by atoms with van der Waals surface area (Å²) in [5, 5.41) is 4.11. The molecule has 2 rings (SSSR count). The van der Waals surface area contributed by atoms with Crippen molar-refractivity contribution in [3.63, 3.8) is 0 Å². The summed E-state index contributed by atoms with van der Waals surface area (Å²) in [6.45, 7) is 6.63. The second-order valence-corrected chi connectivity index (χ2v) is 7.49. The highest BCUT2D eigenvalue weighted by molar-refractivity contribution is 7.89. The first-order valence-electron chi connectivity index (χ1n) is 8.30. The molecule has 0 N–H and O–H groups in total. The largest absolute Gasteiger partial charge is 0.391 e. The average Bonchev–Trinajstić information content (AvgIpc) is 2.63. The van der Waals surface area contributed by atoms with Gasteiger partial charge in [0.1, 0.15) is 6.61 Å². The quantitative estimate of drug-likeness (QED) is 0.533. The summed E-state index contributed by atoms with van der Waals surface area (Å²) >= 11 is 0.